The van der Waals surface area contributed by atoms with Crippen molar-refractivity contribution >= 4 is 11.6 Å². The topological polar surface area (TPSA) is 55.1 Å². The van der Waals surface area contributed by atoms with E-state index in [1.807, 2.05) is 24.3 Å². The van der Waals surface area contributed by atoms with E-state index >= 15 is 0 Å². The van der Waals surface area contributed by atoms with Crippen LogP contribution in [0.25, 0.3) is 0 Å². The first-order valence-electron chi connectivity index (χ1n) is 7.15. The van der Waals surface area contributed by atoms with Gasteiger partial charge in [-0.1, -0.05) is 32.4 Å². The highest BCUT2D eigenvalue weighted by atomic mass is 16.1. The van der Waals surface area contributed by atoms with Crippen LogP contribution in [0, 0.1) is 5.92 Å². The van der Waals surface area contributed by atoms with Crippen LogP contribution in [-0.2, 0) is 11.2 Å². The predicted molar refractivity (Wildman–Crippen MR) is 80.9 cm³/mol. The minimum atomic E-state index is 0.132. The van der Waals surface area contributed by atoms with Gasteiger partial charge in [0.2, 0.25) is 5.91 Å². The Hall–Kier alpha value is -1.51. The van der Waals surface area contributed by atoms with E-state index in [1.54, 1.807) is 0 Å². The lowest BCUT2D eigenvalue weighted by atomic mass is 10.00. The molecule has 1 aromatic carbocycles. The largest absolute Gasteiger partial charge is 0.399 e. The summed E-state index contributed by atoms with van der Waals surface area (Å²) in [4.78, 5) is 11.8. The molecule has 0 heterocycles. The number of aryl methyl sites for hydroxylation is 1. The Bertz CT molecular complexity index is 386. The summed E-state index contributed by atoms with van der Waals surface area (Å²) >= 11 is 0. The van der Waals surface area contributed by atoms with Crippen molar-refractivity contribution in [1.82, 2.24) is 5.32 Å². The second kappa shape index (κ2) is 7.82. The summed E-state index contributed by atoms with van der Waals surface area (Å²) < 4.78 is 0. The molecule has 19 heavy (non-hydrogen) atoms. The van der Waals surface area contributed by atoms with Crippen molar-refractivity contribution in [1.29, 1.82) is 0 Å². The van der Waals surface area contributed by atoms with E-state index < -0.39 is 0 Å². The van der Waals surface area contributed by atoms with Crippen molar-refractivity contribution in [3.63, 3.8) is 0 Å². The molecule has 0 aliphatic rings. The molecule has 3 heteroatoms. The molecule has 3 N–H and O–H groups in total. The number of nitrogens with one attached hydrogen (secondary N) is 1. The van der Waals surface area contributed by atoms with Gasteiger partial charge in [-0.15, -0.1) is 0 Å². The summed E-state index contributed by atoms with van der Waals surface area (Å²) in [5.41, 5.74) is 7.54. The van der Waals surface area contributed by atoms with Crippen molar-refractivity contribution < 1.29 is 4.79 Å². The van der Waals surface area contributed by atoms with Crippen molar-refractivity contribution in [2.75, 3.05) is 5.73 Å². The lowest BCUT2D eigenvalue weighted by molar-refractivity contribution is -0.121. The first kappa shape index (κ1) is 15.5. The Morgan fingerprint density at radius 1 is 1.26 bits per heavy atom. The third-order valence-electron chi connectivity index (χ3n) is 3.48. The van der Waals surface area contributed by atoms with E-state index in [1.165, 1.54) is 0 Å². The first-order valence-corrected chi connectivity index (χ1v) is 7.15. The minimum Gasteiger partial charge on any atom is -0.399 e. The highest BCUT2D eigenvalue weighted by Crippen LogP contribution is 2.10. The molecule has 0 spiro atoms. The lowest BCUT2D eigenvalue weighted by Gasteiger charge is -2.17. The highest BCUT2D eigenvalue weighted by Gasteiger charge is 2.10. The number of hydrogen-bond donors (Lipinski definition) is 2. The quantitative estimate of drug-likeness (QED) is 0.742. The van der Waals surface area contributed by atoms with Gasteiger partial charge >= 0.3 is 0 Å². The highest BCUT2D eigenvalue weighted by molar-refractivity contribution is 5.76. The molecule has 0 radical (unpaired) electrons. The summed E-state index contributed by atoms with van der Waals surface area (Å²) in [6.07, 6.45) is 3.51. The second-order valence-electron chi connectivity index (χ2n) is 5.46. The van der Waals surface area contributed by atoms with Crippen LogP contribution >= 0.6 is 0 Å². The average molecular weight is 262 g/mol. The molecule has 3 nitrogen and oxygen atoms in total. The van der Waals surface area contributed by atoms with Crippen LogP contribution in [0.4, 0.5) is 5.69 Å². The predicted octanol–water partition coefficient (Wildman–Crippen LogP) is 3.14. The molecule has 2 atom stereocenters. The molecular weight excluding hydrogens is 236 g/mol. The Balaban J connectivity index is 2.29. The molecule has 106 valence electrons. The summed E-state index contributed by atoms with van der Waals surface area (Å²) in [5, 5.41) is 3.06. The van der Waals surface area contributed by atoms with Gasteiger partial charge in [-0.05, 0) is 43.4 Å². The van der Waals surface area contributed by atoms with Gasteiger partial charge in [-0.3, -0.25) is 4.79 Å². The van der Waals surface area contributed by atoms with Gasteiger partial charge in [0, 0.05) is 18.2 Å². The van der Waals surface area contributed by atoms with E-state index in [2.05, 4.69) is 26.1 Å². The number of benzene rings is 1. The molecule has 1 rings (SSSR count). The van der Waals surface area contributed by atoms with Gasteiger partial charge in [0.1, 0.15) is 0 Å². The van der Waals surface area contributed by atoms with Crippen molar-refractivity contribution in [3.8, 4) is 0 Å². The van der Waals surface area contributed by atoms with Crippen LogP contribution in [0.3, 0.4) is 0 Å². The summed E-state index contributed by atoms with van der Waals surface area (Å²) in [6, 6.07) is 7.96. The summed E-state index contributed by atoms with van der Waals surface area (Å²) in [5.74, 6) is 0.792. The number of rotatable bonds is 7. The van der Waals surface area contributed by atoms with E-state index in [0.717, 1.165) is 30.5 Å². The van der Waals surface area contributed by atoms with Crippen LogP contribution in [0.15, 0.2) is 24.3 Å². The molecule has 0 aromatic heterocycles. The number of carbonyl (C=O) groups excluding carboxylic acids is 1. The number of nitrogens with two attached hydrogens (primary N) is 1. The number of amides is 1. The third kappa shape index (κ3) is 6.27. The van der Waals surface area contributed by atoms with Crippen LogP contribution in [0.1, 0.15) is 45.6 Å². The fourth-order valence-corrected chi connectivity index (χ4v) is 2.12. The Morgan fingerprint density at radius 3 is 2.47 bits per heavy atom. The third-order valence-corrected chi connectivity index (χ3v) is 3.48. The number of hydrogen-bond acceptors (Lipinski definition) is 2. The smallest absolute Gasteiger partial charge is 0.220 e. The molecule has 0 aliphatic carbocycles. The number of anilines is 1. The van der Waals surface area contributed by atoms with Gasteiger partial charge in [0.15, 0.2) is 0 Å². The van der Waals surface area contributed by atoms with Crippen LogP contribution in [-0.4, -0.2) is 11.9 Å². The van der Waals surface area contributed by atoms with Gasteiger partial charge in [0.25, 0.3) is 0 Å². The first-order chi connectivity index (χ1) is 9.01. The molecule has 1 aromatic rings. The van der Waals surface area contributed by atoms with Gasteiger partial charge in [-0.25, -0.2) is 0 Å². The fourth-order valence-electron chi connectivity index (χ4n) is 2.12. The van der Waals surface area contributed by atoms with E-state index in [4.69, 9.17) is 5.73 Å². The summed E-state index contributed by atoms with van der Waals surface area (Å²) in [6.45, 7) is 6.48. The zero-order valence-electron chi connectivity index (χ0n) is 12.3. The molecule has 1 amide bonds. The maximum atomic E-state index is 11.8. The maximum absolute atomic E-state index is 11.8. The molecule has 0 fully saturated rings. The van der Waals surface area contributed by atoms with Crippen LogP contribution in [0.5, 0.6) is 0 Å². The molecule has 0 saturated carbocycles. The van der Waals surface area contributed by atoms with Gasteiger partial charge < -0.3 is 11.1 Å². The maximum Gasteiger partial charge on any atom is 0.220 e. The second-order valence-corrected chi connectivity index (χ2v) is 5.46. The number of carbonyl (C=O) groups is 1. The van der Waals surface area contributed by atoms with Crippen molar-refractivity contribution in [2.45, 2.75) is 52.5 Å². The molecule has 0 saturated heterocycles. The van der Waals surface area contributed by atoms with Crippen LogP contribution < -0.4 is 11.1 Å². The zero-order chi connectivity index (χ0) is 14.3. The molecule has 2 unspecified atom stereocenters. The monoisotopic (exact) mass is 262 g/mol. The van der Waals surface area contributed by atoms with Crippen molar-refractivity contribution in [2.24, 2.45) is 5.92 Å². The molecule has 0 bridgehead atoms. The Labute approximate surface area is 116 Å². The normalized spacial score (nSPS) is 13.8. The van der Waals surface area contributed by atoms with E-state index in [0.29, 0.717) is 12.3 Å². The molecule has 0 aliphatic heterocycles. The Kier molecular flexibility index (Phi) is 6.40. The zero-order valence-corrected chi connectivity index (χ0v) is 12.3. The van der Waals surface area contributed by atoms with Gasteiger partial charge in [0.05, 0.1) is 0 Å². The standard InChI is InChI=1S/C16H26N2O/c1-4-12(2)11-13(3)18-16(19)10-7-14-5-8-15(17)9-6-14/h5-6,8-9,12-13H,4,7,10-11,17H2,1-3H3,(H,18,19). The van der Waals surface area contributed by atoms with E-state index in [-0.39, 0.29) is 11.9 Å². The average Bonchev–Trinajstić information content (AvgIpc) is 2.37. The Morgan fingerprint density at radius 2 is 1.89 bits per heavy atom. The SMILES string of the molecule is CCC(C)CC(C)NC(=O)CCc1ccc(N)cc1. The number of nitrogen functional groups attached to an aromatic ring is 1. The van der Waals surface area contributed by atoms with Crippen molar-refractivity contribution in [3.05, 3.63) is 29.8 Å². The minimum absolute atomic E-state index is 0.132. The van der Waals surface area contributed by atoms with Gasteiger partial charge in [-0.2, -0.15) is 0 Å². The van der Waals surface area contributed by atoms with Crippen LogP contribution in [0.2, 0.25) is 0 Å². The fraction of sp³-hybridized carbons (Fsp3) is 0.562. The molecular formula is C16H26N2O. The lowest BCUT2D eigenvalue weighted by Crippen LogP contribution is -2.33. The summed E-state index contributed by atoms with van der Waals surface area (Å²) in [7, 11) is 0. The van der Waals surface area contributed by atoms with E-state index in [9.17, 15) is 4.79 Å².